The van der Waals surface area contributed by atoms with E-state index in [1.165, 1.54) is 21.8 Å². The first-order chi connectivity index (χ1) is 12.9. The SMILES string of the molecule is Cc1ccc2nc(N(CC[NH+](C)C)C(=O)COc3ccc(Cl)cc3)sc2c1. The zero-order valence-electron chi connectivity index (χ0n) is 15.7. The van der Waals surface area contributed by atoms with Crippen LogP contribution in [0.4, 0.5) is 5.13 Å². The van der Waals surface area contributed by atoms with Crippen molar-refractivity contribution in [3.05, 3.63) is 53.1 Å². The van der Waals surface area contributed by atoms with Crippen molar-refractivity contribution in [3.8, 4) is 5.75 Å². The van der Waals surface area contributed by atoms with Gasteiger partial charge in [-0.1, -0.05) is 29.0 Å². The van der Waals surface area contributed by atoms with Gasteiger partial charge in [0.25, 0.3) is 5.91 Å². The minimum absolute atomic E-state index is 0.0423. The fourth-order valence-electron chi connectivity index (χ4n) is 2.55. The number of quaternary nitrogens is 1. The second-order valence-corrected chi connectivity index (χ2v) is 8.16. The summed E-state index contributed by atoms with van der Waals surface area (Å²) in [5.74, 6) is 0.507. The monoisotopic (exact) mass is 404 g/mol. The molecule has 7 heteroatoms. The maximum Gasteiger partial charge on any atom is 0.266 e. The molecule has 3 aromatic rings. The van der Waals surface area contributed by atoms with E-state index in [1.54, 1.807) is 29.2 Å². The molecule has 142 valence electrons. The highest BCUT2D eigenvalue weighted by Gasteiger charge is 2.21. The molecule has 0 saturated heterocycles. The Bertz CT molecular complexity index is 925. The van der Waals surface area contributed by atoms with Gasteiger partial charge in [-0.3, -0.25) is 9.69 Å². The third-order valence-corrected chi connectivity index (χ3v) is 5.37. The van der Waals surface area contributed by atoms with Crippen LogP contribution in [0, 0.1) is 6.92 Å². The smallest absolute Gasteiger partial charge is 0.266 e. The van der Waals surface area contributed by atoms with Crippen molar-refractivity contribution >= 4 is 44.2 Å². The first kappa shape index (κ1) is 19.6. The average Bonchev–Trinajstić information content (AvgIpc) is 3.03. The zero-order valence-corrected chi connectivity index (χ0v) is 17.2. The number of halogens is 1. The van der Waals surface area contributed by atoms with Crippen LogP contribution in [-0.4, -0.2) is 44.7 Å². The first-order valence-corrected chi connectivity index (χ1v) is 9.97. The number of hydrogen-bond donors (Lipinski definition) is 1. The number of nitrogens with one attached hydrogen (secondary N) is 1. The van der Waals surface area contributed by atoms with Crippen molar-refractivity contribution < 1.29 is 14.4 Å². The summed E-state index contributed by atoms with van der Waals surface area (Å²) in [7, 11) is 4.13. The van der Waals surface area contributed by atoms with Crippen LogP contribution in [0.3, 0.4) is 0 Å². The van der Waals surface area contributed by atoms with Gasteiger partial charge in [-0.05, 0) is 48.9 Å². The van der Waals surface area contributed by atoms with Gasteiger partial charge in [0.2, 0.25) is 0 Å². The number of thiazole rings is 1. The molecule has 0 atom stereocenters. The maximum atomic E-state index is 12.9. The van der Waals surface area contributed by atoms with Crippen LogP contribution < -0.4 is 14.5 Å². The fraction of sp³-hybridized carbons (Fsp3) is 0.300. The normalized spacial score (nSPS) is 11.1. The molecule has 27 heavy (non-hydrogen) atoms. The lowest BCUT2D eigenvalue weighted by Gasteiger charge is -2.20. The van der Waals surface area contributed by atoms with E-state index in [-0.39, 0.29) is 12.5 Å². The predicted octanol–water partition coefficient (Wildman–Crippen LogP) is 2.81. The quantitative estimate of drug-likeness (QED) is 0.658. The highest BCUT2D eigenvalue weighted by molar-refractivity contribution is 7.22. The van der Waals surface area contributed by atoms with E-state index in [4.69, 9.17) is 16.3 Å². The number of rotatable bonds is 7. The van der Waals surface area contributed by atoms with Crippen LogP contribution in [-0.2, 0) is 4.79 Å². The molecule has 0 fully saturated rings. The van der Waals surface area contributed by atoms with Crippen LogP contribution in [0.1, 0.15) is 5.56 Å². The van der Waals surface area contributed by atoms with Gasteiger partial charge in [0, 0.05) is 5.02 Å². The number of anilines is 1. The lowest BCUT2D eigenvalue weighted by molar-refractivity contribution is -0.856. The summed E-state index contributed by atoms with van der Waals surface area (Å²) in [5, 5.41) is 1.34. The number of aromatic nitrogens is 1. The summed E-state index contributed by atoms with van der Waals surface area (Å²) in [6.07, 6.45) is 0. The fourth-order valence-corrected chi connectivity index (χ4v) is 3.78. The number of carbonyl (C=O) groups excluding carboxylic acids is 1. The third kappa shape index (κ3) is 5.19. The molecular weight excluding hydrogens is 382 g/mol. The van der Waals surface area contributed by atoms with Crippen LogP contribution in [0.2, 0.25) is 5.02 Å². The van der Waals surface area contributed by atoms with Crippen molar-refractivity contribution in [2.75, 3.05) is 38.7 Å². The van der Waals surface area contributed by atoms with E-state index in [1.807, 2.05) is 12.1 Å². The van der Waals surface area contributed by atoms with Crippen LogP contribution in [0.5, 0.6) is 5.75 Å². The number of carbonyl (C=O) groups is 1. The lowest BCUT2D eigenvalue weighted by Crippen LogP contribution is -3.06. The van der Waals surface area contributed by atoms with E-state index in [0.29, 0.717) is 22.4 Å². The van der Waals surface area contributed by atoms with E-state index >= 15 is 0 Å². The molecule has 1 heterocycles. The number of aryl methyl sites for hydroxylation is 1. The van der Waals surface area contributed by atoms with Gasteiger partial charge in [-0.25, -0.2) is 4.98 Å². The number of benzene rings is 2. The summed E-state index contributed by atoms with van der Waals surface area (Å²) in [5.41, 5.74) is 2.09. The van der Waals surface area contributed by atoms with Gasteiger partial charge in [0.1, 0.15) is 5.75 Å². The van der Waals surface area contributed by atoms with E-state index in [0.717, 1.165) is 16.8 Å². The third-order valence-electron chi connectivity index (χ3n) is 4.08. The van der Waals surface area contributed by atoms with E-state index < -0.39 is 0 Å². The predicted molar refractivity (Wildman–Crippen MR) is 111 cm³/mol. The molecule has 0 spiro atoms. The Balaban J connectivity index is 1.78. The Hall–Kier alpha value is -2.15. The Kier molecular flexibility index (Phi) is 6.31. The maximum absolute atomic E-state index is 12.9. The molecule has 1 amide bonds. The van der Waals surface area contributed by atoms with Crippen molar-refractivity contribution in [2.45, 2.75) is 6.92 Å². The summed E-state index contributed by atoms with van der Waals surface area (Å²) in [4.78, 5) is 20.5. The minimum atomic E-state index is -0.109. The number of nitrogens with zero attached hydrogens (tertiary/aromatic N) is 2. The highest BCUT2D eigenvalue weighted by Crippen LogP contribution is 2.29. The van der Waals surface area contributed by atoms with E-state index in [9.17, 15) is 4.79 Å². The number of amides is 1. The van der Waals surface area contributed by atoms with Crippen LogP contribution in [0.25, 0.3) is 10.2 Å². The van der Waals surface area contributed by atoms with Gasteiger partial charge in [-0.15, -0.1) is 0 Å². The topological polar surface area (TPSA) is 46.9 Å². The summed E-state index contributed by atoms with van der Waals surface area (Å²) in [6.45, 7) is 3.42. The molecule has 2 aromatic carbocycles. The molecule has 1 N–H and O–H groups in total. The van der Waals surface area contributed by atoms with Gasteiger partial charge in [0.05, 0.1) is 37.4 Å². The number of hydrogen-bond acceptors (Lipinski definition) is 4. The Morgan fingerprint density at radius 3 is 2.67 bits per heavy atom. The Labute approximate surface area is 168 Å². The van der Waals surface area contributed by atoms with E-state index in [2.05, 4.69) is 32.1 Å². The molecule has 0 saturated carbocycles. The van der Waals surface area contributed by atoms with Crippen LogP contribution >= 0.6 is 22.9 Å². The Morgan fingerprint density at radius 1 is 1.22 bits per heavy atom. The summed E-state index contributed by atoms with van der Waals surface area (Å²) >= 11 is 7.42. The molecule has 1 aromatic heterocycles. The van der Waals surface area contributed by atoms with Crippen molar-refractivity contribution in [1.82, 2.24) is 4.98 Å². The minimum Gasteiger partial charge on any atom is -0.484 e. The molecular formula is C20H23ClN3O2S+. The summed E-state index contributed by atoms with van der Waals surface area (Å²) in [6, 6.07) is 13.1. The zero-order chi connectivity index (χ0) is 19.4. The lowest BCUT2D eigenvalue weighted by atomic mass is 10.2. The highest BCUT2D eigenvalue weighted by atomic mass is 35.5. The molecule has 0 unspecified atom stereocenters. The first-order valence-electron chi connectivity index (χ1n) is 8.77. The molecule has 0 bridgehead atoms. The number of likely N-dealkylation sites (N-methyl/N-ethyl adjacent to an activating group) is 1. The molecule has 3 rings (SSSR count). The average molecular weight is 405 g/mol. The van der Waals surface area contributed by atoms with Crippen LogP contribution in [0.15, 0.2) is 42.5 Å². The van der Waals surface area contributed by atoms with Crippen molar-refractivity contribution in [1.29, 1.82) is 0 Å². The second kappa shape index (κ2) is 8.69. The van der Waals surface area contributed by atoms with Crippen molar-refractivity contribution in [3.63, 3.8) is 0 Å². The Morgan fingerprint density at radius 2 is 1.96 bits per heavy atom. The molecule has 0 aliphatic carbocycles. The molecule has 0 radical (unpaired) electrons. The van der Waals surface area contributed by atoms with Gasteiger partial charge >= 0.3 is 0 Å². The largest absolute Gasteiger partial charge is 0.484 e. The van der Waals surface area contributed by atoms with Gasteiger partial charge in [-0.2, -0.15) is 0 Å². The molecule has 0 aliphatic rings. The van der Waals surface area contributed by atoms with Gasteiger partial charge in [0.15, 0.2) is 11.7 Å². The molecule has 0 aliphatic heterocycles. The number of ether oxygens (including phenoxy) is 1. The second-order valence-electron chi connectivity index (χ2n) is 6.71. The molecule has 5 nitrogen and oxygen atoms in total. The number of fused-ring (bicyclic) bond motifs is 1. The summed E-state index contributed by atoms with van der Waals surface area (Å²) < 4.78 is 6.73. The van der Waals surface area contributed by atoms with Crippen molar-refractivity contribution in [2.24, 2.45) is 0 Å². The van der Waals surface area contributed by atoms with Gasteiger partial charge < -0.3 is 9.64 Å². The standard InChI is InChI=1S/C20H22ClN3O2S/c1-14-4-9-17-18(12-14)27-20(22-17)24(11-10-23(2)3)19(25)13-26-16-7-5-15(21)6-8-16/h4-9,12H,10-11,13H2,1-3H3/p+1.